The van der Waals surface area contributed by atoms with Gasteiger partial charge in [-0.3, -0.25) is 9.78 Å². The first kappa shape index (κ1) is 16.8. The van der Waals surface area contributed by atoms with Crippen LogP contribution in [0.4, 0.5) is 0 Å². The first-order valence-corrected chi connectivity index (χ1v) is 6.09. The second-order valence-corrected chi connectivity index (χ2v) is 4.07. The molecule has 0 aromatic carbocycles. The standard InChI is InChI=1S/C15H14N2O5/c1-3-11(12(4-2)15(21)22)13(18)17-8-10-6-5-9(7-16-10)14(19)20/h3-7H,1-2,8H2,(H,17,18)(H,19,20)(H,21,22)/b12-11-. The first-order valence-electron chi connectivity index (χ1n) is 6.09. The van der Waals surface area contributed by atoms with E-state index in [1.165, 1.54) is 18.3 Å². The number of carbonyl (C=O) groups excluding carboxylic acids is 1. The van der Waals surface area contributed by atoms with Crippen molar-refractivity contribution in [2.24, 2.45) is 0 Å². The lowest BCUT2D eigenvalue weighted by Gasteiger charge is -2.07. The third kappa shape index (κ3) is 4.14. The highest BCUT2D eigenvalue weighted by atomic mass is 16.4. The summed E-state index contributed by atoms with van der Waals surface area (Å²) in [4.78, 5) is 37.5. The smallest absolute Gasteiger partial charge is 0.337 e. The number of amides is 1. The monoisotopic (exact) mass is 302 g/mol. The summed E-state index contributed by atoms with van der Waals surface area (Å²) in [6, 6.07) is 2.81. The van der Waals surface area contributed by atoms with Gasteiger partial charge in [-0.2, -0.15) is 0 Å². The van der Waals surface area contributed by atoms with Gasteiger partial charge in [-0.05, 0) is 12.1 Å². The molecule has 0 spiro atoms. The molecule has 0 aliphatic rings. The molecule has 114 valence electrons. The number of hydrogen-bond donors (Lipinski definition) is 3. The zero-order valence-corrected chi connectivity index (χ0v) is 11.6. The Balaban J connectivity index is 2.84. The van der Waals surface area contributed by atoms with E-state index in [-0.39, 0.29) is 23.3 Å². The Labute approximate surface area is 126 Å². The molecule has 0 radical (unpaired) electrons. The molecule has 0 unspecified atom stereocenters. The largest absolute Gasteiger partial charge is 0.478 e. The maximum Gasteiger partial charge on any atom is 0.337 e. The van der Waals surface area contributed by atoms with Gasteiger partial charge in [0, 0.05) is 6.20 Å². The Morgan fingerprint density at radius 1 is 1.14 bits per heavy atom. The summed E-state index contributed by atoms with van der Waals surface area (Å²) in [7, 11) is 0. The maximum atomic E-state index is 12.0. The fraction of sp³-hybridized carbons (Fsp3) is 0.0667. The van der Waals surface area contributed by atoms with Gasteiger partial charge in [0.2, 0.25) is 0 Å². The van der Waals surface area contributed by atoms with Crippen molar-refractivity contribution in [2.45, 2.75) is 6.54 Å². The highest BCUT2D eigenvalue weighted by Crippen LogP contribution is 2.08. The van der Waals surface area contributed by atoms with Gasteiger partial charge in [-0.25, -0.2) is 9.59 Å². The normalized spacial score (nSPS) is 11.1. The SMILES string of the molecule is C=C/C(C(=O)O)=C(\C=C)C(=O)NCc1ccc(C(=O)O)cn1. The molecule has 22 heavy (non-hydrogen) atoms. The van der Waals surface area contributed by atoms with Gasteiger partial charge >= 0.3 is 11.9 Å². The van der Waals surface area contributed by atoms with Crippen LogP contribution < -0.4 is 5.32 Å². The van der Waals surface area contributed by atoms with Crippen LogP contribution in [0.1, 0.15) is 16.1 Å². The third-order valence-corrected chi connectivity index (χ3v) is 2.68. The summed E-state index contributed by atoms with van der Waals surface area (Å²) in [5.74, 6) is -3.03. The van der Waals surface area contributed by atoms with Crippen LogP contribution in [0.25, 0.3) is 0 Å². The molecular weight excluding hydrogens is 288 g/mol. The lowest BCUT2D eigenvalue weighted by atomic mass is 10.1. The number of rotatable bonds is 7. The van der Waals surface area contributed by atoms with Crippen molar-refractivity contribution >= 4 is 17.8 Å². The van der Waals surface area contributed by atoms with E-state index in [1.54, 1.807) is 0 Å². The van der Waals surface area contributed by atoms with Crippen LogP contribution >= 0.6 is 0 Å². The van der Waals surface area contributed by atoms with Gasteiger partial charge in [0.1, 0.15) is 0 Å². The molecule has 1 aromatic heterocycles. The van der Waals surface area contributed by atoms with Crippen molar-refractivity contribution in [2.75, 3.05) is 0 Å². The van der Waals surface area contributed by atoms with E-state index in [4.69, 9.17) is 10.2 Å². The van der Waals surface area contributed by atoms with E-state index < -0.39 is 17.8 Å². The first-order chi connectivity index (χ1) is 10.4. The summed E-state index contributed by atoms with van der Waals surface area (Å²) >= 11 is 0. The number of nitrogens with zero attached hydrogens (tertiary/aromatic N) is 1. The Morgan fingerprint density at radius 3 is 2.18 bits per heavy atom. The Morgan fingerprint density at radius 2 is 1.77 bits per heavy atom. The maximum absolute atomic E-state index is 12.0. The van der Waals surface area contributed by atoms with Crippen LogP contribution in [0.2, 0.25) is 0 Å². The molecule has 0 aliphatic carbocycles. The summed E-state index contributed by atoms with van der Waals surface area (Å²) < 4.78 is 0. The fourth-order valence-electron chi connectivity index (χ4n) is 1.56. The van der Waals surface area contributed by atoms with Crippen molar-refractivity contribution in [3.63, 3.8) is 0 Å². The van der Waals surface area contributed by atoms with Crippen molar-refractivity contribution < 1.29 is 24.6 Å². The van der Waals surface area contributed by atoms with Crippen LogP contribution in [-0.4, -0.2) is 33.0 Å². The molecule has 1 aromatic rings. The molecule has 0 aliphatic heterocycles. The molecule has 0 fully saturated rings. The topological polar surface area (TPSA) is 117 Å². The predicted molar refractivity (Wildman–Crippen MR) is 78.1 cm³/mol. The highest BCUT2D eigenvalue weighted by molar-refractivity contribution is 6.05. The summed E-state index contributed by atoms with van der Waals surface area (Å²) in [6.45, 7) is 6.77. The molecule has 0 saturated heterocycles. The number of carboxylic acids is 2. The number of carbonyl (C=O) groups is 3. The van der Waals surface area contributed by atoms with Crippen molar-refractivity contribution in [1.29, 1.82) is 0 Å². The molecule has 3 N–H and O–H groups in total. The number of aliphatic carboxylic acids is 1. The van der Waals surface area contributed by atoms with Gasteiger partial charge in [-0.1, -0.05) is 25.3 Å². The average Bonchev–Trinajstić information content (AvgIpc) is 2.50. The second-order valence-electron chi connectivity index (χ2n) is 4.07. The Hall–Kier alpha value is -3.22. The molecule has 7 heteroatoms. The van der Waals surface area contributed by atoms with Gasteiger partial charge in [0.25, 0.3) is 5.91 Å². The average molecular weight is 302 g/mol. The van der Waals surface area contributed by atoms with Crippen molar-refractivity contribution in [3.05, 3.63) is 66.0 Å². The van der Waals surface area contributed by atoms with Crippen LogP contribution in [0, 0.1) is 0 Å². The Bertz CT molecular complexity index is 659. The number of hydrogen-bond acceptors (Lipinski definition) is 4. The number of carboxylic acid groups (broad SMARTS) is 2. The molecule has 0 saturated carbocycles. The minimum atomic E-state index is -1.29. The van der Waals surface area contributed by atoms with Gasteiger partial charge in [0.15, 0.2) is 0 Å². The van der Waals surface area contributed by atoms with E-state index in [9.17, 15) is 14.4 Å². The third-order valence-electron chi connectivity index (χ3n) is 2.68. The van der Waals surface area contributed by atoms with E-state index in [0.29, 0.717) is 5.69 Å². The van der Waals surface area contributed by atoms with Gasteiger partial charge in [0.05, 0.1) is 28.9 Å². The molecule has 1 rings (SSSR count). The van der Waals surface area contributed by atoms with Crippen molar-refractivity contribution in [3.8, 4) is 0 Å². The molecular formula is C15H14N2O5. The van der Waals surface area contributed by atoms with Crippen LogP contribution in [0.5, 0.6) is 0 Å². The molecule has 0 atom stereocenters. The van der Waals surface area contributed by atoms with Crippen LogP contribution in [0.15, 0.2) is 54.8 Å². The van der Waals surface area contributed by atoms with Gasteiger partial charge < -0.3 is 15.5 Å². The lowest BCUT2D eigenvalue weighted by Crippen LogP contribution is -2.26. The number of pyridine rings is 1. The quantitative estimate of drug-likeness (QED) is 0.514. The van der Waals surface area contributed by atoms with Crippen molar-refractivity contribution in [1.82, 2.24) is 10.3 Å². The van der Waals surface area contributed by atoms with E-state index in [1.807, 2.05) is 0 Å². The fourth-order valence-corrected chi connectivity index (χ4v) is 1.56. The summed E-state index contributed by atoms with van der Waals surface area (Å²) in [6.07, 6.45) is 3.35. The summed E-state index contributed by atoms with van der Waals surface area (Å²) in [5, 5.41) is 20.2. The zero-order chi connectivity index (χ0) is 16.7. The van der Waals surface area contributed by atoms with E-state index >= 15 is 0 Å². The predicted octanol–water partition coefficient (Wildman–Crippen LogP) is 1.15. The van der Waals surface area contributed by atoms with Crippen LogP contribution in [-0.2, 0) is 16.1 Å². The summed E-state index contributed by atoms with van der Waals surface area (Å²) in [5.41, 5.74) is 0.0742. The highest BCUT2D eigenvalue weighted by Gasteiger charge is 2.15. The molecule has 1 amide bonds. The van der Waals surface area contributed by atoms with E-state index in [2.05, 4.69) is 23.5 Å². The Kier molecular flexibility index (Phi) is 5.76. The van der Waals surface area contributed by atoms with Crippen LogP contribution in [0.3, 0.4) is 0 Å². The number of nitrogens with one attached hydrogen (secondary N) is 1. The second kappa shape index (κ2) is 7.53. The number of aromatic nitrogens is 1. The minimum absolute atomic E-state index is 0.0140. The molecule has 7 nitrogen and oxygen atoms in total. The molecule has 0 bridgehead atoms. The zero-order valence-electron chi connectivity index (χ0n) is 11.6. The molecule has 1 heterocycles. The van der Waals surface area contributed by atoms with Gasteiger partial charge in [-0.15, -0.1) is 0 Å². The lowest BCUT2D eigenvalue weighted by molar-refractivity contribution is -0.132. The number of aromatic carboxylic acids is 1. The van der Waals surface area contributed by atoms with E-state index in [0.717, 1.165) is 12.2 Å². The minimum Gasteiger partial charge on any atom is -0.478 e.